The van der Waals surface area contributed by atoms with Crippen molar-refractivity contribution >= 4 is 11.9 Å². The number of hydrogen-bond donors (Lipinski definition) is 1. The third-order valence-electron chi connectivity index (χ3n) is 4.60. The zero-order valence-corrected chi connectivity index (χ0v) is 15.5. The molecule has 0 unspecified atom stereocenters. The van der Waals surface area contributed by atoms with Gasteiger partial charge in [0.15, 0.2) is 5.96 Å². The van der Waals surface area contributed by atoms with Crippen LogP contribution in [0.3, 0.4) is 0 Å². The number of benzene rings is 1. The standard InChI is InChI=1S/C19H29N3O3/c1-20-19(22-12-9-16(10-13-22)18(23)25-3)21-11-5-7-15-6-4-8-17(14-15)24-2/h4,6,8,14,16H,5,7,9-13H2,1-3H3,(H,20,21). The fourth-order valence-corrected chi connectivity index (χ4v) is 3.15. The number of ether oxygens (including phenoxy) is 2. The van der Waals surface area contributed by atoms with Crippen molar-refractivity contribution in [1.82, 2.24) is 10.2 Å². The number of esters is 1. The van der Waals surface area contributed by atoms with Crippen molar-refractivity contribution in [3.63, 3.8) is 0 Å². The maximum absolute atomic E-state index is 11.6. The van der Waals surface area contributed by atoms with Gasteiger partial charge in [0.05, 0.1) is 20.1 Å². The van der Waals surface area contributed by atoms with E-state index in [0.717, 1.165) is 57.0 Å². The summed E-state index contributed by atoms with van der Waals surface area (Å²) in [5, 5.41) is 3.42. The van der Waals surface area contributed by atoms with Gasteiger partial charge in [-0.15, -0.1) is 0 Å². The van der Waals surface area contributed by atoms with E-state index in [0.29, 0.717) is 0 Å². The first-order chi connectivity index (χ1) is 12.2. The van der Waals surface area contributed by atoms with Crippen LogP contribution in [0, 0.1) is 5.92 Å². The summed E-state index contributed by atoms with van der Waals surface area (Å²) in [5.74, 6) is 1.73. The van der Waals surface area contributed by atoms with Gasteiger partial charge in [0, 0.05) is 26.7 Å². The van der Waals surface area contributed by atoms with Crippen LogP contribution >= 0.6 is 0 Å². The molecule has 0 aromatic heterocycles. The van der Waals surface area contributed by atoms with Crippen molar-refractivity contribution < 1.29 is 14.3 Å². The van der Waals surface area contributed by atoms with E-state index in [1.165, 1.54) is 12.7 Å². The van der Waals surface area contributed by atoms with E-state index in [2.05, 4.69) is 27.3 Å². The molecule has 1 saturated heterocycles. The van der Waals surface area contributed by atoms with Gasteiger partial charge in [0.2, 0.25) is 0 Å². The zero-order valence-electron chi connectivity index (χ0n) is 15.5. The maximum atomic E-state index is 11.6. The molecule has 0 saturated carbocycles. The topological polar surface area (TPSA) is 63.2 Å². The first-order valence-electron chi connectivity index (χ1n) is 8.84. The smallest absolute Gasteiger partial charge is 0.308 e. The lowest BCUT2D eigenvalue weighted by Gasteiger charge is -2.33. The van der Waals surface area contributed by atoms with Gasteiger partial charge < -0.3 is 19.7 Å². The molecule has 0 spiro atoms. The molecule has 0 amide bonds. The second-order valence-corrected chi connectivity index (χ2v) is 6.21. The quantitative estimate of drug-likeness (QED) is 0.369. The van der Waals surface area contributed by atoms with Gasteiger partial charge in [-0.1, -0.05) is 12.1 Å². The summed E-state index contributed by atoms with van der Waals surface area (Å²) in [5.41, 5.74) is 1.27. The van der Waals surface area contributed by atoms with Crippen LogP contribution in [0.1, 0.15) is 24.8 Å². The molecule has 2 rings (SSSR count). The van der Waals surface area contributed by atoms with Gasteiger partial charge in [0.1, 0.15) is 5.75 Å². The van der Waals surface area contributed by atoms with Crippen molar-refractivity contribution in [2.24, 2.45) is 10.9 Å². The van der Waals surface area contributed by atoms with Gasteiger partial charge in [-0.3, -0.25) is 9.79 Å². The number of rotatable bonds is 6. The molecule has 0 bridgehead atoms. The molecule has 25 heavy (non-hydrogen) atoms. The maximum Gasteiger partial charge on any atom is 0.308 e. The largest absolute Gasteiger partial charge is 0.497 e. The minimum Gasteiger partial charge on any atom is -0.497 e. The molecule has 138 valence electrons. The lowest BCUT2D eigenvalue weighted by Crippen LogP contribution is -2.46. The van der Waals surface area contributed by atoms with Gasteiger partial charge in [-0.25, -0.2) is 0 Å². The van der Waals surface area contributed by atoms with Crippen LogP contribution < -0.4 is 10.1 Å². The second kappa shape index (κ2) is 9.91. The van der Waals surface area contributed by atoms with Crippen LogP contribution in [-0.2, 0) is 16.0 Å². The van der Waals surface area contributed by atoms with Gasteiger partial charge in [0.25, 0.3) is 0 Å². The number of guanidine groups is 1. The Morgan fingerprint density at radius 2 is 2.08 bits per heavy atom. The number of carbonyl (C=O) groups excluding carboxylic acids is 1. The highest BCUT2D eigenvalue weighted by Crippen LogP contribution is 2.18. The molecule has 1 N–H and O–H groups in total. The molecule has 0 radical (unpaired) electrons. The van der Waals surface area contributed by atoms with Crippen LogP contribution in [0.15, 0.2) is 29.3 Å². The van der Waals surface area contributed by atoms with Gasteiger partial charge >= 0.3 is 5.97 Å². The summed E-state index contributed by atoms with van der Waals surface area (Å²) in [6.07, 6.45) is 3.64. The van der Waals surface area contributed by atoms with Crippen molar-refractivity contribution in [2.45, 2.75) is 25.7 Å². The first-order valence-corrected chi connectivity index (χ1v) is 8.84. The fraction of sp³-hybridized carbons (Fsp3) is 0.579. The number of nitrogens with one attached hydrogen (secondary N) is 1. The Bertz CT molecular complexity index is 581. The molecular formula is C19H29N3O3. The van der Waals surface area contributed by atoms with E-state index >= 15 is 0 Å². The Labute approximate surface area is 150 Å². The Morgan fingerprint density at radius 3 is 2.72 bits per heavy atom. The predicted octanol–water partition coefficient (Wildman–Crippen LogP) is 2.09. The SMILES string of the molecule is CN=C(NCCCc1cccc(OC)c1)N1CCC(C(=O)OC)CC1. The number of methoxy groups -OCH3 is 2. The molecule has 0 atom stereocenters. The fourth-order valence-electron chi connectivity index (χ4n) is 3.15. The molecule has 1 aromatic carbocycles. The van der Waals surface area contributed by atoms with E-state index in [4.69, 9.17) is 9.47 Å². The molecule has 6 nitrogen and oxygen atoms in total. The minimum absolute atomic E-state index is 0.0208. The monoisotopic (exact) mass is 347 g/mol. The number of aryl methyl sites for hydroxylation is 1. The summed E-state index contributed by atoms with van der Waals surface area (Å²) >= 11 is 0. The summed E-state index contributed by atoms with van der Waals surface area (Å²) < 4.78 is 10.1. The molecule has 1 aromatic rings. The third kappa shape index (κ3) is 5.66. The Kier molecular flexibility index (Phi) is 7.57. The highest BCUT2D eigenvalue weighted by Gasteiger charge is 2.26. The summed E-state index contributed by atoms with van der Waals surface area (Å²) in [6.45, 7) is 2.52. The van der Waals surface area contributed by atoms with Crippen LogP contribution in [0.25, 0.3) is 0 Å². The van der Waals surface area contributed by atoms with Crippen LogP contribution in [0.4, 0.5) is 0 Å². The van der Waals surface area contributed by atoms with Crippen LogP contribution in [0.2, 0.25) is 0 Å². The number of aliphatic imine (C=N–C) groups is 1. The summed E-state index contributed by atoms with van der Waals surface area (Å²) in [7, 11) is 4.95. The average Bonchev–Trinajstić information content (AvgIpc) is 2.68. The number of piperidine rings is 1. The Hall–Kier alpha value is -2.24. The van der Waals surface area contributed by atoms with Gasteiger partial charge in [-0.2, -0.15) is 0 Å². The number of nitrogens with zero attached hydrogens (tertiary/aromatic N) is 2. The molecule has 6 heteroatoms. The summed E-state index contributed by atoms with van der Waals surface area (Å²) in [6, 6.07) is 8.18. The van der Waals surface area contributed by atoms with Crippen molar-refractivity contribution in [1.29, 1.82) is 0 Å². The second-order valence-electron chi connectivity index (χ2n) is 6.21. The molecule has 1 fully saturated rings. The number of hydrogen-bond acceptors (Lipinski definition) is 4. The van der Waals surface area contributed by atoms with Crippen molar-refractivity contribution in [3.8, 4) is 5.75 Å². The normalized spacial score (nSPS) is 15.8. The molecule has 1 aliphatic heterocycles. The zero-order chi connectivity index (χ0) is 18.1. The van der Waals surface area contributed by atoms with E-state index in [1.54, 1.807) is 14.2 Å². The minimum atomic E-state index is -0.0964. The van der Waals surface area contributed by atoms with Gasteiger partial charge in [-0.05, 0) is 43.4 Å². The summed E-state index contributed by atoms with van der Waals surface area (Å²) in [4.78, 5) is 18.2. The number of likely N-dealkylation sites (tertiary alicyclic amines) is 1. The van der Waals surface area contributed by atoms with Crippen LogP contribution in [-0.4, -0.2) is 57.7 Å². The first kappa shape index (κ1) is 19.1. The number of carbonyl (C=O) groups is 1. The Balaban J connectivity index is 1.73. The molecule has 0 aliphatic carbocycles. The Morgan fingerprint density at radius 1 is 1.32 bits per heavy atom. The molecular weight excluding hydrogens is 318 g/mol. The lowest BCUT2D eigenvalue weighted by atomic mass is 9.97. The third-order valence-corrected chi connectivity index (χ3v) is 4.60. The molecule has 1 aliphatic rings. The molecule has 1 heterocycles. The van der Waals surface area contributed by atoms with Crippen molar-refractivity contribution in [3.05, 3.63) is 29.8 Å². The van der Waals surface area contributed by atoms with E-state index < -0.39 is 0 Å². The van der Waals surface area contributed by atoms with Crippen LogP contribution in [0.5, 0.6) is 5.75 Å². The van der Waals surface area contributed by atoms with E-state index in [-0.39, 0.29) is 11.9 Å². The van der Waals surface area contributed by atoms with E-state index in [9.17, 15) is 4.79 Å². The predicted molar refractivity (Wildman–Crippen MR) is 99.0 cm³/mol. The highest BCUT2D eigenvalue weighted by atomic mass is 16.5. The average molecular weight is 347 g/mol. The highest BCUT2D eigenvalue weighted by molar-refractivity contribution is 5.80. The lowest BCUT2D eigenvalue weighted by molar-refractivity contribution is -0.146. The van der Waals surface area contributed by atoms with Crippen molar-refractivity contribution in [2.75, 3.05) is 40.9 Å². The van der Waals surface area contributed by atoms with E-state index in [1.807, 2.05) is 12.1 Å².